The lowest BCUT2D eigenvalue weighted by atomic mass is 10.0. The van der Waals surface area contributed by atoms with E-state index in [0.29, 0.717) is 18.3 Å². The molecule has 0 saturated heterocycles. The third kappa shape index (κ3) is 3.59. The molecule has 6 heteroatoms. The molecule has 0 bridgehead atoms. The van der Waals surface area contributed by atoms with Gasteiger partial charge in [0.05, 0.1) is 18.8 Å². The molecule has 2 aromatic heterocycles. The van der Waals surface area contributed by atoms with Gasteiger partial charge in [-0.25, -0.2) is 4.98 Å². The minimum atomic E-state index is -0.0890. The Hall–Kier alpha value is -1.92. The van der Waals surface area contributed by atoms with E-state index in [-0.39, 0.29) is 6.04 Å². The molecule has 0 aliphatic carbocycles. The van der Waals surface area contributed by atoms with E-state index in [1.165, 1.54) is 0 Å². The molecule has 2 unspecified atom stereocenters. The van der Waals surface area contributed by atoms with Gasteiger partial charge in [0.1, 0.15) is 0 Å². The van der Waals surface area contributed by atoms with Crippen molar-refractivity contribution in [1.82, 2.24) is 20.2 Å². The van der Waals surface area contributed by atoms with Crippen molar-refractivity contribution in [1.29, 1.82) is 0 Å². The van der Waals surface area contributed by atoms with Crippen LogP contribution in [0.1, 0.15) is 43.6 Å². The minimum absolute atomic E-state index is 0.0890. The predicted octanol–water partition coefficient (Wildman–Crippen LogP) is 2.00. The van der Waals surface area contributed by atoms with Crippen molar-refractivity contribution in [2.24, 2.45) is 5.84 Å². The molecule has 0 amide bonds. The Morgan fingerprint density at radius 2 is 2.24 bits per heavy atom. The second-order valence-corrected chi connectivity index (χ2v) is 5.07. The van der Waals surface area contributed by atoms with Crippen molar-refractivity contribution in [2.45, 2.75) is 38.8 Å². The van der Waals surface area contributed by atoms with Gasteiger partial charge in [0.15, 0.2) is 0 Å². The summed E-state index contributed by atoms with van der Waals surface area (Å²) in [5.41, 5.74) is 4.75. The summed E-state index contributed by atoms with van der Waals surface area (Å²) in [7, 11) is 1.61. The molecule has 114 valence electrons. The Kier molecular flexibility index (Phi) is 5.30. The number of hydrazine groups is 1. The van der Waals surface area contributed by atoms with Gasteiger partial charge >= 0.3 is 0 Å². The van der Waals surface area contributed by atoms with Crippen LogP contribution >= 0.6 is 0 Å². The van der Waals surface area contributed by atoms with Crippen LogP contribution in [0.15, 0.2) is 30.6 Å². The van der Waals surface area contributed by atoms with Crippen LogP contribution in [-0.4, -0.2) is 21.9 Å². The van der Waals surface area contributed by atoms with Crippen LogP contribution in [0.25, 0.3) is 0 Å². The number of methoxy groups -OCH3 is 1. The molecule has 2 heterocycles. The number of hydrogen-bond donors (Lipinski definition) is 2. The van der Waals surface area contributed by atoms with Gasteiger partial charge in [-0.15, -0.1) is 0 Å². The van der Waals surface area contributed by atoms with Crippen molar-refractivity contribution in [3.63, 3.8) is 0 Å². The highest BCUT2D eigenvalue weighted by molar-refractivity contribution is 5.29. The molecule has 3 N–H and O–H groups in total. The van der Waals surface area contributed by atoms with Gasteiger partial charge in [-0.2, -0.15) is 5.10 Å². The van der Waals surface area contributed by atoms with E-state index in [1.807, 2.05) is 29.1 Å². The van der Waals surface area contributed by atoms with Crippen LogP contribution in [0.2, 0.25) is 0 Å². The fraction of sp³-hybridized carbons (Fsp3) is 0.467. The summed E-state index contributed by atoms with van der Waals surface area (Å²) in [5.74, 6) is 6.29. The Balaban J connectivity index is 2.17. The zero-order valence-electron chi connectivity index (χ0n) is 12.8. The second-order valence-electron chi connectivity index (χ2n) is 5.07. The standard InChI is InChI=1S/C15H23N5O/c1-4-11(2)20-9-7-12(19-20)10-14(18-16)13-6-5-8-17-15(13)21-3/h5-9,11,14,18H,4,10,16H2,1-3H3. The largest absolute Gasteiger partial charge is 0.481 e. The van der Waals surface area contributed by atoms with Crippen molar-refractivity contribution in [2.75, 3.05) is 7.11 Å². The summed E-state index contributed by atoms with van der Waals surface area (Å²) >= 11 is 0. The number of rotatable bonds is 7. The SMILES string of the molecule is CCC(C)n1ccc(CC(NN)c2cccnc2OC)n1. The van der Waals surface area contributed by atoms with Gasteiger partial charge < -0.3 is 4.74 Å². The van der Waals surface area contributed by atoms with E-state index in [1.54, 1.807) is 13.3 Å². The number of nitrogens with zero attached hydrogens (tertiary/aromatic N) is 3. The number of pyridine rings is 1. The highest BCUT2D eigenvalue weighted by Crippen LogP contribution is 2.24. The van der Waals surface area contributed by atoms with Gasteiger partial charge in [0.2, 0.25) is 5.88 Å². The van der Waals surface area contributed by atoms with Crippen LogP contribution in [-0.2, 0) is 6.42 Å². The average Bonchev–Trinajstić information content (AvgIpc) is 3.00. The molecule has 0 fully saturated rings. The van der Waals surface area contributed by atoms with E-state index in [4.69, 9.17) is 10.6 Å². The molecular formula is C15H23N5O. The lowest BCUT2D eigenvalue weighted by Gasteiger charge is -2.17. The summed E-state index contributed by atoms with van der Waals surface area (Å²) in [5, 5.41) is 4.61. The first-order chi connectivity index (χ1) is 10.2. The van der Waals surface area contributed by atoms with E-state index < -0.39 is 0 Å². The molecule has 0 radical (unpaired) electrons. The molecular weight excluding hydrogens is 266 g/mol. The molecule has 0 saturated carbocycles. The topological polar surface area (TPSA) is 78.0 Å². The Morgan fingerprint density at radius 1 is 1.43 bits per heavy atom. The maximum Gasteiger partial charge on any atom is 0.217 e. The molecule has 21 heavy (non-hydrogen) atoms. The van der Waals surface area contributed by atoms with Crippen LogP contribution in [0, 0.1) is 0 Å². The van der Waals surface area contributed by atoms with Gasteiger partial charge in [-0.1, -0.05) is 13.0 Å². The number of ether oxygens (including phenoxy) is 1. The van der Waals surface area contributed by atoms with E-state index in [9.17, 15) is 0 Å². The third-order valence-electron chi connectivity index (χ3n) is 3.69. The fourth-order valence-corrected chi connectivity index (χ4v) is 2.23. The highest BCUT2D eigenvalue weighted by Gasteiger charge is 2.17. The Bertz CT molecular complexity index is 569. The maximum absolute atomic E-state index is 5.70. The minimum Gasteiger partial charge on any atom is -0.481 e. The summed E-state index contributed by atoms with van der Waals surface area (Å²) in [6, 6.07) is 6.17. The molecule has 2 aromatic rings. The van der Waals surface area contributed by atoms with E-state index in [0.717, 1.165) is 17.7 Å². The number of hydrogen-bond acceptors (Lipinski definition) is 5. The Labute approximate surface area is 125 Å². The van der Waals surface area contributed by atoms with Crippen molar-refractivity contribution >= 4 is 0 Å². The normalized spacial score (nSPS) is 13.9. The third-order valence-corrected chi connectivity index (χ3v) is 3.69. The van der Waals surface area contributed by atoms with Gasteiger partial charge in [-0.3, -0.25) is 16.0 Å². The number of nitrogens with two attached hydrogens (primary N) is 1. The zero-order valence-corrected chi connectivity index (χ0v) is 12.8. The molecule has 0 aliphatic rings. The zero-order chi connectivity index (χ0) is 15.2. The van der Waals surface area contributed by atoms with Crippen LogP contribution in [0.5, 0.6) is 5.88 Å². The average molecular weight is 289 g/mol. The number of aromatic nitrogens is 3. The van der Waals surface area contributed by atoms with Crippen molar-refractivity contribution in [3.05, 3.63) is 41.9 Å². The lowest BCUT2D eigenvalue weighted by molar-refractivity contribution is 0.381. The summed E-state index contributed by atoms with van der Waals surface area (Å²) in [6.45, 7) is 4.30. The van der Waals surface area contributed by atoms with E-state index in [2.05, 4.69) is 29.4 Å². The first kappa shape index (κ1) is 15.5. The first-order valence-electron chi connectivity index (χ1n) is 7.18. The quantitative estimate of drug-likeness (QED) is 0.602. The molecule has 6 nitrogen and oxygen atoms in total. The smallest absolute Gasteiger partial charge is 0.217 e. The fourth-order valence-electron chi connectivity index (χ4n) is 2.23. The molecule has 0 aliphatic heterocycles. The number of nitrogens with one attached hydrogen (secondary N) is 1. The van der Waals surface area contributed by atoms with Gasteiger partial charge in [0, 0.05) is 30.4 Å². The molecule has 0 aromatic carbocycles. The van der Waals surface area contributed by atoms with Crippen molar-refractivity contribution in [3.8, 4) is 5.88 Å². The maximum atomic E-state index is 5.70. The van der Waals surface area contributed by atoms with Crippen LogP contribution in [0.3, 0.4) is 0 Å². The van der Waals surface area contributed by atoms with Crippen LogP contribution in [0.4, 0.5) is 0 Å². The first-order valence-corrected chi connectivity index (χ1v) is 7.18. The molecule has 2 atom stereocenters. The molecule has 2 rings (SSSR count). The van der Waals surface area contributed by atoms with Gasteiger partial charge in [-0.05, 0) is 25.5 Å². The molecule has 0 spiro atoms. The second kappa shape index (κ2) is 7.19. The van der Waals surface area contributed by atoms with Crippen molar-refractivity contribution < 1.29 is 4.74 Å². The highest BCUT2D eigenvalue weighted by atomic mass is 16.5. The van der Waals surface area contributed by atoms with E-state index >= 15 is 0 Å². The van der Waals surface area contributed by atoms with Gasteiger partial charge in [0.25, 0.3) is 0 Å². The summed E-state index contributed by atoms with van der Waals surface area (Å²) in [6.07, 6.45) is 5.45. The predicted molar refractivity (Wildman–Crippen MR) is 81.8 cm³/mol. The lowest BCUT2D eigenvalue weighted by Crippen LogP contribution is -2.30. The summed E-state index contributed by atoms with van der Waals surface area (Å²) < 4.78 is 7.28. The Morgan fingerprint density at radius 3 is 2.90 bits per heavy atom. The monoisotopic (exact) mass is 289 g/mol. The summed E-state index contributed by atoms with van der Waals surface area (Å²) in [4.78, 5) is 4.21. The van der Waals surface area contributed by atoms with Crippen LogP contribution < -0.4 is 16.0 Å².